The molecule has 0 aliphatic rings. The van der Waals surface area contributed by atoms with Gasteiger partial charge in [-0.2, -0.15) is 5.10 Å². The average molecular weight is 366 g/mol. The SMILES string of the molecule is COc1cc(-c2ccc(OCc3c(C)cccc3N(C)N)c(C)c2)nn1C. The van der Waals surface area contributed by atoms with E-state index in [0.29, 0.717) is 6.61 Å². The van der Waals surface area contributed by atoms with Crippen LogP contribution < -0.4 is 20.3 Å². The number of ether oxygens (including phenoxy) is 2. The summed E-state index contributed by atoms with van der Waals surface area (Å²) in [6.45, 7) is 4.56. The molecule has 27 heavy (non-hydrogen) atoms. The fourth-order valence-corrected chi connectivity index (χ4v) is 3.11. The minimum absolute atomic E-state index is 0.459. The van der Waals surface area contributed by atoms with E-state index in [2.05, 4.69) is 24.2 Å². The van der Waals surface area contributed by atoms with Crippen LogP contribution in [0.15, 0.2) is 42.5 Å². The number of nitrogens with zero attached hydrogens (tertiary/aromatic N) is 3. The van der Waals surface area contributed by atoms with E-state index in [4.69, 9.17) is 15.3 Å². The molecule has 0 saturated carbocycles. The van der Waals surface area contributed by atoms with E-state index in [1.807, 2.05) is 51.4 Å². The standard InChI is InChI=1S/C21H26N4O2/c1-14-7-6-8-19(24(3)22)17(14)13-27-20-10-9-16(11-15(20)2)18-12-21(26-5)25(4)23-18/h6-12H,13,22H2,1-5H3. The van der Waals surface area contributed by atoms with E-state index in [9.17, 15) is 0 Å². The molecule has 3 aromatic rings. The van der Waals surface area contributed by atoms with Crippen molar-refractivity contribution in [2.24, 2.45) is 12.9 Å². The van der Waals surface area contributed by atoms with Gasteiger partial charge in [0.1, 0.15) is 12.4 Å². The summed E-state index contributed by atoms with van der Waals surface area (Å²) in [5.41, 5.74) is 6.14. The van der Waals surface area contributed by atoms with Gasteiger partial charge in [0, 0.05) is 31.3 Å². The fourth-order valence-electron chi connectivity index (χ4n) is 3.11. The van der Waals surface area contributed by atoms with Gasteiger partial charge in [0.2, 0.25) is 5.88 Å². The Labute approximate surface area is 160 Å². The number of aromatic nitrogens is 2. The third kappa shape index (κ3) is 3.90. The zero-order chi connectivity index (χ0) is 19.6. The van der Waals surface area contributed by atoms with Crippen LogP contribution in [0.2, 0.25) is 0 Å². The summed E-state index contributed by atoms with van der Waals surface area (Å²) in [6.07, 6.45) is 0. The largest absolute Gasteiger partial charge is 0.489 e. The Kier molecular flexibility index (Phi) is 5.37. The smallest absolute Gasteiger partial charge is 0.211 e. The number of hydrogen-bond acceptors (Lipinski definition) is 5. The zero-order valence-electron chi connectivity index (χ0n) is 16.5. The van der Waals surface area contributed by atoms with Gasteiger partial charge in [0.05, 0.1) is 18.5 Å². The van der Waals surface area contributed by atoms with Gasteiger partial charge >= 0.3 is 0 Å². The lowest BCUT2D eigenvalue weighted by molar-refractivity contribution is 0.303. The van der Waals surface area contributed by atoms with Gasteiger partial charge in [-0.15, -0.1) is 0 Å². The molecule has 1 heterocycles. The minimum Gasteiger partial charge on any atom is -0.489 e. The summed E-state index contributed by atoms with van der Waals surface area (Å²) in [7, 11) is 5.34. The zero-order valence-corrected chi connectivity index (χ0v) is 16.5. The first-order chi connectivity index (χ1) is 12.9. The van der Waals surface area contributed by atoms with Crippen molar-refractivity contribution in [3.8, 4) is 22.9 Å². The van der Waals surface area contributed by atoms with Crippen molar-refractivity contribution in [1.82, 2.24) is 9.78 Å². The first kappa shape index (κ1) is 18.8. The average Bonchev–Trinajstić information content (AvgIpc) is 3.02. The van der Waals surface area contributed by atoms with E-state index in [0.717, 1.165) is 45.3 Å². The second-order valence-electron chi connectivity index (χ2n) is 6.65. The molecule has 0 radical (unpaired) electrons. The molecule has 0 bridgehead atoms. The lowest BCUT2D eigenvalue weighted by Gasteiger charge is -2.19. The van der Waals surface area contributed by atoms with Crippen LogP contribution in [0.4, 0.5) is 5.69 Å². The van der Waals surface area contributed by atoms with Crippen LogP contribution in [0.1, 0.15) is 16.7 Å². The summed E-state index contributed by atoms with van der Waals surface area (Å²) in [5, 5.41) is 6.11. The Balaban J connectivity index is 1.81. The topological polar surface area (TPSA) is 65.5 Å². The van der Waals surface area contributed by atoms with Crippen molar-refractivity contribution < 1.29 is 9.47 Å². The number of hydrogen-bond donors (Lipinski definition) is 1. The van der Waals surface area contributed by atoms with Crippen molar-refractivity contribution in [2.45, 2.75) is 20.5 Å². The Morgan fingerprint density at radius 1 is 1.11 bits per heavy atom. The molecule has 0 atom stereocenters. The Morgan fingerprint density at radius 2 is 1.89 bits per heavy atom. The highest BCUT2D eigenvalue weighted by atomic mass is 16.5. The van der Waals surface area contributed by atoms with Gasteiger partial charge in [-0.05, 0) is 49.2 Å². The maximum absolute atomic E-state index is 6.10. The maximum Gasteiger partial charge on any atom is 0.211 e. The van der Waals surface area contributed by atoms with Crippen molar-refractivity contribution in [3.05, 3.63) is 59.2 Å². The Bertz CT molecular complexity index is 947. The molecule has 0 fully saturated rings. The Hall–Kier alpha value is -2.99. The monoisotopic (exact) mass is 366 g/mol. The highest BCUT2D eigenvalue weighted by Gasteiger charge is 2.12. The van der Waals surface area contributed by atoms with Crippen LogP contribution in [0, 0.1) is 13.8 Å². The number of methoxy groups -OCH3 is 1. The van der Waals surface area contributed by atoms with Crippen LogP contribution in [0.5, 0.6) is 11.6 Å². The minimum atomic E-state index is 0.459. The molecule has 6 nitrogen and oxygen atoms in total. The summed E-state index contributed by atoms with van der Waals surface area (Å²) >= 11 is 0. The van der Waals surface area contributed by atoms with E-state index >= 15 is 0 Å². The molecule has 2 N–H and O–H groups in total. The second kappa shape index (κ2) is 7.72. The van der Waals surface area contributed by atoms with Gasteiger partial charge in [-0.1, -0.05) is 12.1 Å². The third-order valence-corrected chi connectivity index (χ3v) is 4.65. The maximum atomic E-state index is 6.10. The predicted octanol–water partition coefficient (Wildman–Crippen LogP) is 3.60. The highest BCUT2D eigenvalue weighted by Crippen LogP contribution is 2.29. The van der Waals surface area contributed by atoms with Crippen LogP contribution in [-0.2, 0) is 13.7 Å². The molecule has 6 heteroatoms. The van der Waals surface area contributed by atoms with Crippen LogP contribution in [0.3, 0.4) is 0 Å². The van der Waals surface area contributed by atoms with E-state index in [1.165, 1.54) is 0 Å². The van der Waals surface area contributed by atoms with Gasteiger partial charge < -0.3 is 14.5 Å². The van der Waals surface area contributed by atoms with Crippen molar-refractivity contribution in [3.63, 3.8) is 0 Å². The molecular formula is C21H26N4O2. The molecule has 0 aliphatic carbocycles. The second-order valence-corrected chi connectivity index (χ2v) is 6.65. The summed E-state index contributed by atoms with van der Waals surface area (Å²) < 4.78 is 13.1. The molecule has 142 valence electrons. The number of hydrazine groups is 1. The van der Waals surface area contributed by atoms with Crippen molar-refractivity contribution in [1.29, 1.82) is 0 Å². The predicted molar refractivity (Wildman–Crippen MR) is 108 cm³/mol. The number of nitrogens with two attached hydrogens (primary N) is 1. The molecule has 0 amide bonds. The van der Waals surface area contributed by atoms with Crippen molar-refractivity contribution in [2.75, 3.05) is 19.2 Å². The van der Waals surface area contributed by atoms with E-state index < -0.39 is 0 Å². The Morgan fingerprint density at radius 3 is 2.52 bits per heavy atom. The van der Waals surface area contributed by atoms with Crippen molar-refractivity contribution >= 4 is 5.69 Å². The molecular weight excluding hydrogens is 340 g/mol. The fraction of sp³-hybridized carbons (Fsp3) is 0.286. The third-order valence-electron chi connectivity index (χ3n) is 4.65. The van der Waals surface area contributed by atoms with E-state index in [1.54, 1.807) is 16.8 Å². The summed E-state index contributed by atoms with van der Waals surface area (Å²) in [4.78, 5) is 0. The molecule has 1 aromatic heterocycles. The summed E-state index contributed by atoms with van der Waals surface area (Å²) in [6, 6.07) is 14.1. The van der Waals surface area contributed by atoms with Crippen LogP contribution in [-0.4, -0.2) is 23.9 Å². The number of benzene rings is 2. The van der Waals surface area contributed by atoms with Crippen LogP contribution >= 0.6 is 0 Å². The first-order valence-electron chi connectivity index (χ1n) is 8.79. The molecule has 3 rings (SSSR count). The quantitative estimate of drug-likeness (QED) is 0.533. The lowest BCUT2D eigenvalue weighted by Crippen LogP contribution is -2.26. The molecule has 2 aromatic carbocycles. The van der Waals surface area contributed by atoms with Gasteiger partial charge in [-0.25, -0.2) is 10.5 Å². The summed E-state index contributed by atoms with van der Waals surface area (Å²) in [5.74, 6) is 7.52. The van der Waals surface area contributed by atoms with E-state index in [-0.39, 0.29) is 0 Å². The van der Waals surface area contributed by atoms with Gasteiger partial charge in [0.15, 0.2) is 0 Å². The molecule has 0 aliphatic heterocycles. The highest BCUT2D eigenvalue weighted by molar-refractivity contribution is 5.63. The number of rotatable bonds is 6. The lowest BCUT2D eigenvalue weighted by atomic mass is 10.1. The number of aryl methyl sites for hydroxylation is 3. The number of anilines is 1. The van der Waals surface area contributed by atoms with Gasteiger partial charge in [0.25, 0.3) is 0 Å². The first-order valence-corrected chi connectivity index (χ1v) is 8.79. The van der Waals surface area contributed by atoms with Crippen LogP contribution in [0.25, 0.3) is 11.3 Å². The molecule has 0 spiro atoms. The molecule has 0 saturated heterocycles. The van der Waals surface area contributed by atoms with Gasteiger partial charge in [-0.3, -0.25) is 0 Å². The molecule has 0 unspecified atom stereocenters. The normalized spacial score (nSPS) is 10.7.